The summed E-state index contributed by atoms with van der Waals surface area (Å²) in [6, 6.07) is 2.39. The van der Waals surface area contributed by atoms with E-state index in [1.807, 2.05) is 18.3 Å². The predicted octanol–water partition coefficient (Wildman–Crippen LogP) is 2.75. The Kier molecular flexibility index (Phi) is 4.82. The average Bonchev–Trinajstić information content (AvgIpc) is 2.83. The fourth-order valence-electron chi connectivity index (χ4n) is 2.13. The molecule has 1 aliphatic carbocycles. The molecule has 1 aliphatic rings. The Labute approximate surface area is 102 Å². The first-order valence-corrected chi connectivity index (χ1v) is 7.10. The Morgan fingerprint density at radius 2 is 2.38 bits per heavy atom. The van der Waals surface area contributed by atoms with Gasteiger partial charge in [0.05, 0.1) is 0 Å². The lowest BCUT2D eigenvalue weighted by Gasteiger charge is -2.03. The molecular formula is C13H21NOS. The molecule has 0 saturated carbocycles. The van der Waals surface area contributed by atoms with Gasteiger partial charge in [0.15, 0.2) is 0 Å². The largest absolute Gasteiger partial charge is 0.382 e. The fourth-order valence-corrected chi connectivity index (χ4v) is 3.36. The molecule has 0 aromatic carbocycles. The zero-order valence-corrected chi connectivity index (χ0v) is 10.9. The van der Waals surface area contributed by atoms with Crippen molar-refractivity contribution in [2.45, 2.75) is 39.2 Å². The number of thiophene rings is 1. The number of ether oxygens (including phenoxy) is 1. The molecule has 0 bridgehead atoms. The minimum Gasteiger partial charge on any atom is -0.382 e. The van der Waals surface area contributed by atoms with Crippen LogP contribution in [0.15, 0.2) is 6.07 Å². The molecule has 2 nitrogen and oxygen atoms in total. The van der Waals surface area contributed by atoms with Gasteiger partial charge in [0.2, 0.25) is 0 Å². The van der Waals surface area contributed by atoms with E-state index in [2.05, 4.69) is 11.4 Å². The van der Waals surface area contributed by atoms with E-state index >= 15 is 0 Å². The maximum absolute atomic E-state index is 5.30. The highest BCUT2D eigenvalue weighted by Crippen LogP contribution is 2.30. The van der Waals surface area contributed by atoms with Crippen LogP contribution >= 0.6 is 11.3 Å². The molecule has 1 N–H and O–H groups in total. The van der Waals surface area contributed by atoms with Crippen molar-refractivity contribution in [2.75, 3.05) is 19.8 Å². The lowest BCUT2D eigenvalue weighted by atomic mass is 10.2. The summed E-state index contributed by atoms with van der Waals surface area (Å²) in [5.41, 5.74) is 1.61. The molecule has 90 valence electrons. The third-order valence-electron chi connectivity index (χ3n) is 2.94. The first-order valence-electron chi connectivity index (χ1n) is 6.29. The van der Waals surface area contributed by atoms with Gasteiger partial charge in [0.1, 0.15) is 0 Å². The molecule has 0 fully saturated rings. The number of hydrogen-bond acceptors (Lipinski definition) is 3. The predicted molar refractivity (Wildman–Crippen MR) is 69.2 cm³/mol. The standard InChI is InChI=1S/C13H21NOS/c1-2-15-8-4-7-14-10-12-9-11-5-3-6-13(11)16-12/h9,14H,2-8,10H2,1H3. The minimum atomic E-state index is 0.831. The summed E-state index contributed by atoms with van der Waals surface area (Å²) in [6.45, 7) is 5.84. The Hall–Kier alpha value is -0.380. The van der Waals surface area contributed by atoms with Crippen molar-refractivity contribution in [3.63, 3.8) is 0 Å². The first-order chi connectivity index (χ1) is 7.90. The SMILES string of the molecule is CCOCCCNCc1cc2c(s1)CCC2. The van der Waals surface area contributed by atoms with Crippen molar-refractivity contribution < 1.29 is 4.74 Å². The van der Waals surface area contributed by atoms with Crippen molar-refractivity contribution in [2.24, 2.45) is 0 Å². The van der Waals surface area contributed by atoms with Crippen LogP contribution in [0.25, 0.3) is 0 Å². The highest BCUT2D eigenvalue weighted by atomic mass is 32.1. The van der Waals surface area contributed by atoms with Crippen LogP contribution in [0.5, 0.6) is 0 Å². The van der Waals surface area contributed by atoms with Crippen molar-refractivity contribution in [3.05, 3.63) is 21.4 Å². The average molecular weight is 239 g/mol. The molecule has 3 heteroatoms. The Balaban J connectivity index is 1.62. The molecule has 2 rings (SSSR count). The quantitative estimate of drug-likeness (QED) is 0.739. The number of nitrogens with one attached hydrogen (secondary N) is 1. The second-order valence-corrected chi connectivity index (χ2v) is 5.46. The van der Waals surface area contributed by atoms with Gasteiger partial charge < -0.3 is 10.1 Å². The molecule has 0 atom stereocenters. The van der Waals surface area contributed by atoms with Gasteiger partial charge in [-0.25, -0.2) is 0 Å². The van der Waals surface area contributed by atoms with Crippen LogP contribution in [0.2, 0.25) is 0 Å². The lowest BCUT2D eigenvalue weighted by molar-refractivity contribution is 0.144. The van der Waals surface area contributed by atoms with E-state index in [1.54, 1.807) is 10.4 Å². The molecule has 0 spiro atoms. The highest BCUT2D eigenvalue weighted by Gasteiger charge is 2.14. The van der Waals surface area contributed by atoms with Gasteiger partial charge in [0, 0.05) is 29.5 Å². The lowest BCUT2D eigenvalue weighted by Crippen LogP contribution is -2.15. The molecule has 0 unspecified atom stereocenters. The van der Waals surface area contributed by atoms with Crippen LogP contribution in [-0.4, -0.2) is 19.8 Å². The summed E-state index contributed by atoms with van der Waals surface area (Å²) in [4.78, 5) is 3.13. The third kappa shape index (κ3) is 3.30. The molecule has 0 amide bonds. The fraction of sp³-hybridized carbons (Fsp3) is 0.692. The summed E-state index contributed by atoms with van der Waals surface area (Å²) < 4.78 is 5.30. The zero-order valence-electron chi connectivity index (χ0n) is 10.1. The molecular weight excluding hydrogens is 218 g/mol. The van der Waals surface area contributed by atoms with Crippen molar-refractivity contribution in [3.8, 4) is 0 Å². The second kappa shape index (κ2) is 6.38. The number of fused-ring (bicyclic) bond motifs is 1. The summed E-state index contributed by atoms with van der Waals surface area (Å²) in [6.07, 6.45) is 5.09. The van der Waals surface area contributed by atoms with E-state index in [9.17, 15) is 0 Å². The summed E-state index contributed by atoms with van der Waals surface area (Å²) in [5.74, 6) is 0. The zero-order chi connectivity index (χ0) is 11.2. The number of hydrogen-bond donors (Lipinski definition) is 1. The molecule has 1 heterocycles. The van der Waals surface area contributed by atoms with Crippen molar-refractivity contribution in [1.82, 2.24) is 5.32 Å². The van der Waals surface area contributed by atoms with E-state index in [4.69, 9.17) is 4.74 Å². The van der Waals surface area contributed by atoms with Crippen molar-refractivity contribution >= 4 is 11.3 Å². The molecule has 1 aromatic heterocycles. The summed E-state index contributed by atoms with van der Waals surface area (Å²) in [5, 5.41) is 3.48. The molecule has 1 aromatic rings. The number of aryl methyl sites for hydroxylation is 2. The molecule has 0 saturated heterocycles. The van der Waals surface area contributed by atoms with E-state index in [1.165, 1.54) is 24.1 Å². The van der Waals surface area contributed by atoms with Crippen LogP contribution in [0.1, 0.15) is 35.1 Å². The van der Waals surface area contributed by atoms with E-state index < -0.39 is 0 Å². The van der Waals surface area contributed by atoms with Crippen LogP contribution in [-0.2, 0) is 24.1 Å². The summed E-state index contributed by atoms with van der Waals surface area (Å²) >= 11 is 2.00. The monoisotopic (exact) mass is 239 g/mol. The van der Waals surface area contributed by atoms with Crippen LogP contribution in [0.3, 0.4) is 0 Å². The minimum absolute atomic E-state index is 0.831. The smallest absolute Gasteiger partial charge is 0.0477 e. The van der Waals surface area contributed by atoms with Gasteiger partial charge in [-0.3, -0.25) is 0 Å². The van der Waals surface area contributed by atoms with Gasteiger partial charge in [-0.2, -0.15) is 0 Å². The Morgan fingerprint density at radius 3 is 3.19 bits per heavy atom. The second-order valence-electron chi connectivity index (χ2n) is 4.24. The van der Waals surface area contributed by atoms with Gasteiger partial charge in [-0.05, 0) is 50.8 Å². The van der Waals surface area contributed by atoms with Crippen LogP contribution in [0, 0.1) is 0 Å². The molecule has 16 heavy (non-hydrogen) atoms. The topological polar surface area (TPSA) is 21.3 Å². The normalized spacial score (nSPS) is 14.3. The van der Waals surface area contributed by atoms with Crippen LogP contribution < -0.4 is 5.32 Å². The molecule has 0 radical (unpaired) electrons. The maximum Gasteiger partial charge on any atom is 0.0477 e. The molecule has 0 aliphatic heterocycles. The number of rotatable bonds is 7. The van der Waals surface area contributed by atoms with Crippen LogP contribution in [0.4, 0.5) is 0 Å². The van der Waals surface area contributed by atoms with Gasteiger partial charge in [-0.15, -0.1) is 11.3 Å². The summed E-state index contributed by atoms with van der Waals surface area (Å²) in [7, 11) is 0. The maximum atomic E-state index is 5.30. The van der Waals surface area contributed by atoms with Gasteiger partial charge in [0.25, 0.3) is 0 Å². The van der Waals surface area contributed by atoms with Gasteiger partial charge in [-0.1, -0.05) is 0 Å². The van der Waals surface area contributed by atoms with Gasteiger partial charge >= 0.3 is 0 Å². The third-order valence-corrected chi connectivity index (χ3v) is 4.18. The Bertz CT molecular complexity index is 300. The van der Waals surface area contributed by atoms with E-state index in [-0.39, 0.29) is 0 Å². The Morgan fingerprint density at radius 1 is 1.44 bits per heavy atom. The van der Waals surface area contributed by atoms with E-state index in [0.29, 0.717) is 0 Å². The highest BCUT2D eigenvalue weighted by molar-refractivity contribution is 7.12. The van der Waals surface area contributed by atoms with Crippen molar-refractivity contribution in [1.29, 1.82) is 0 Å². The first kappa shape index (κ1) is 12.1. The van der Waals surface area contributed by atoms with E-state index in [0.717, 1.165) is 32.7 Å².